The first-order valence-electron chi connectivity index (χ1n) is 22.4. The van der Waals surface area contributed by atoms with E-state index in [9.17, 15) is 24.0 Å². The maximum absolute atomic E-state index is 13.8. The second-order valence-corrected chi connectivity index (χ2v) is 16.4. The molecule has 0 radical (unpaired) electrons. The number of thiol groups is 1. The Morgan fingerprint density at radius 2 is 0.734 bits per heavy atom. The van der Waals surface area contributed by atoms with Crippen LogP contribution in [0.1, 0.15) is 73.6 Å². The van der Waals surface area contributed by atoms with Crippen LogP contribution in [0.2, 0.25) is 0 Å². The molecule has 7 aliphatic heterocycles. The van der Waals surface area contributed by atoms with Gasteiger partial charge in [0.1, 0.15) is 0 Å². The molecule has 14 nitrogen and oxygen atoms in total. The fourth-order valence-electron chi connectivity index (χ4n) is 7.73. The molecule has 9 N–H and O–H groups in total. The highest BCUT2D eigenvalue weighted by Gasteiger charge is 2.21. The summed E-state index contributed by atoms with van der Waals surface area (Å²) in [5.74, 6) is -0.499. The van der Waals surface area contributed by atoms with Crippen LogP contribution in [0.25, 0.3) is 0 Å². The summed E-state index contributed by atoms with van der Waals surface area (Å²) in [6, 6.07) is 31.0. The van der Waals surface area contributed by atoms with Gasteiger partial charge in [-0.25, -0.2) is 0 Å². The molecule has 4 aromatic carbocycles. The van der Waals surface area contributed by atoms with Crippen LogP contribution in [-0.2, 0) is 36.8 Å². The Hall–Kier alpha value is -5.58. The highest BCUT2D eigenvalue weighted by molar-refractivity contribution is 7.80. The van der Waals surface area contributed by atoms with Gasteiger partial charge in [0.25, 0.3) is 0 Å². The van der Waals surface area contributed by atoms with Gasteiger partial charge in [-0.1, -0.05) is 48.5 Å². The van der Waals surface area contributed by atoms with Gasteiger partial charge in [-0.2, -0.15) is 12.6 Å². The first-order valence-corrected chi connectivity index (χ1v) is 23.0. The van der Waals surface area contributed by atoms with Gasteiger partial charge >= 0.3 is 0 Å². The third-order valence-corrected chi connectivity index (χ3v) is 11.7. The average molecular weight is 892 g/mol. The van der Waals surface area contributed by atoms with Crippen molar-refractivity contribution in [3.05, 3.63) is 119 Å². The molecule has 15 heteroatoms. The SMILES string of the molecule is NCCC(=O)N1CCCCN(C(=O)CCN)c2ccc(cc2)Cc2ccc(cc2)N(C(=O)CCNC(=O)C(N)CS)CCCCN(C(=O)CCN)c2ccc(cc2)Cc2ccc1cc2. The maximum Gasteiger partial charge on any atom is 0.237 e. The molecule has 5 amide bonds. The van der Waals surface area contributed by atoms with E-state index in [0.29, 0.717) is 64.7 Å². The molecule has 8 bridgehead atoms. The second-order valence-electron chi connectivity index (χ2n) is 16.1. The molecule has 64 heavy (non-hydrogen) atoms. The standard InChI is InChI=1S/C49H65N9O5S/c50-25-21-45(59)55-29-1-2-30-56(46(60)22-26-51)41-15-9-38(10-16-41)34-39-11-19-43(20-12-39)58(48(62)24-28-54-49(63)44(53)35-64)32-4-3-31-57(47(61)23-27-52)42-17-7-37(8-18-42)33-36-5-13-40(55)14-6-36/h5-20,44,64H,1-4,21-35,50-53H2,(H,54,63). The number of nitrogens with one attached hydrogen (secondary N) is 1. The van der Waals surface area contributed by atoms with Gasteiger partial charge in [0.15, 0.2) is 0 Å². The molecule has 4 aromatic rings. The van der Waals surface area contributed by atoms with Gasteiger partial charge in [-0.3, -0.25) is 24.0 Å². The number of benzene rings is 4. The molecular weight excluding hydrogens is 827 g/mol. The summed E-state index contributed by atoms with van der Waals surface area (Å²) < 4.78 is 0. The number of rotatable bonds is 11. The van der Waals surface area contributed by atoms with Crippen molar-refractivity contribution >= 4 is 64.9 Å². The van der Waals surface area contributed by atoms with E-state index in [4.69, 9.17) is 22.9 Å². The van der Waals surface area contributed by atoms with Gasteiger partial charge in [0.2, 0.25) is 29.5 Å². The zero-order chi connectivity index (χ0) is 45.8. The van der Waals surface area contributed by atoms with Crippen molar-refractivity contribution in [2.24, 2.45) is 22.9 Å². The molecule has 0 aromatic heterocycles. The molecular formula is C49H65N9O5S. The zero-order valence-electron chi connectivity index (χ0n) is 36.8. The molecule has 0 fully saturated rings. The maximum atomic E-state index is 13.8. The minimum atomic E-state index is -0.763. The Morgan fingerprint density at radius 3 is 0.984 bits per heavy atom. The average Bonchev–Trinajstić information content (AvgIpc) is 3.30. The number of nitrogens with zero attached hydrogens (tertiary/aromatic N) is 4. The number of hydrogen-bond acceptors (Lipinski definition) is 10. The summed E-state index contributed by atoms with van der Waals surface area (Å²) in [5, 5.41) is 2.74. The number of carbonyl (C=O) groups is 5. The predicted octanol–water partition coefficient (Wildman–Crippen LogP) is 4.28. The molecule has 0 spiro atoms. The quantitative estimate of drug-likeness (QED) is 0.118. The van der Waals surface area contributed by atoms with E-state index in [2.05, 4.69) is 17.9 Å². The number of hydrogen-bond donors (Lipinski definition) is 6. The van der Waals surface area contributed by atoms with E-state index in [1.165, 1.54) is 0 Å². The lowest BCUT2D eigenvalue weighted by atomic mass is 10.0. The van der Waals surface area contributed by atoms with E-state index < -0.39 is 6.04 Å². The number of anilines is 4. The summed E-state index contributed by atoms with van der Waals surface area (Å²) >= 11 is 4.10. The fraction of sp³-hybridized carbons (Fsp3) is 0.408. The van der Waals surface area contributed by atoms with Gasteiger partial charge in [0, 0.05) is 107 Å². The fourth-order valence-corrected chi connectivity index (χ4v) is 7.90. The van der Waals surface area contributed by atoms with Crippen LogP contribution < -0.4 is 47.9 Å². The Balaban J connectivity index is 1.42. The minimum Gasteiger partial charge on any atom is -0.354 e. The number of carbonyl (C=O) groups excluding carboxylic acids is 5. The smallest absolute Gasteiger partial charge is 0.237 e. The molecule has 11 rings (SSSR count). The van der Waals surface area contributed by atoms with E-state index in [1.807, 2.05) is 97.1 Å². The van der Waals surface area contributed by atoms with Crippen molar-refractivity contribution in [2.45, 2.75) is 70.3 Å². The molecule has 0 aliphatic carbocycles. The van der Waals surface area contributed by atoms with Gasteiger partial charge in [-0.15, -0.1) is 0 Å². The van der Waals surface area contributed by atoms with Crippen LogP contribution in [0.5, 0.6) is 0 Å². The summed E-state index contributed by atoms with van der Waals surface area (Å²) in [6.45, 7) is 2.65. The van der Waals surface area contributed by atoms with Crippen LogP contribution >= 0.6 is 12.6 Å². The van der Waals surface area contributed by atoms with Gasteiger partial charge in [-0.05, 0) is 109 Å². The minimum absolute atomic E-state index is 0.0500. The lowest BCUT2D eigenvalue weighted by Gasteiger charge is -2.26. The first kappa shape index (κ1) is 49.4. The van der Waals surface area contributed by atoms with Crippen molar-refractivity contribution in [1.29, 1.82) is 0 Å². The Kier molecular flexibility index (Phi) is 19.8. The highest BCUT2D eigenvalue weighted by atomic mass is 32.1. The van der Waals surface area contributed by atoms with Crippen molar-refractivity contribution < 1.29 is 24.0 Å². The Bertz CT molecular complexity index is 2120. The van der Waals surface area contributed by atoms with E-state index >= 15 is 0 Å². The summed E-state index contributed by atoms with van der Waals surface area (Å²) in [5.41, 5.74) is 30.6. The number of amides is 5. The van der Waals surface area contributed by atoms with Crippen molar-refractivity contribution in [2.75, 3.05) is 77.7 Å². The normalized spacial score (nSPS) is 14.7. The van der Waals surface area contributed by atoms with Crippen LogP contribution in [0.3, 0.4) is 0 Å². The van der Waals surface area contributed by atoms with Gasteiger partial charge < -0.3 is 47.9 Å². The first-order chi connectivity index (χ1) is 31.0. The van der Waals surface area contributed by atoms with Crippen LogP contribution in [-0.4, -0.2) is 93.7 Å². The lowest BCUT2D eigenvalue weighted by molar-refractivity contribution is -0.122. The van der Waals surface area contributed by atoms with Crippen LogP contribution in [0.15, 0.2) is 97.1 Å². The summed E-state index contributed by atoms with van der Waals surface area (Å²) in [7, 11) is 0. The molecule has 1 atom stereocenters. The molecule has 0 saturated heterocycles. The number of nitrogens with two attached hydrogens (primary N) is 4. The molecule has 342 valence electrons. The molecule has 7 heterocycles. The monoisotopic (exact) mass is 891 g/mol. The van der Waals surface area contributed by atoms with E-state index in [0.717, 1.165) is 45.0 Å². The van der Waals surface area contributed by atoms with Crippen molar-refractivity contribution in [1.82, 2.24) is 5.32 Å². The lowest BCUT2D eigenvalue weighted by Crippen LogP contribution is -2.43. The topological polar surface area (TPSA) is 214 Å². The molecule has 7 aliphatic rings. The third kappa shape index (κ3) is 14.5. The summed E-state index contributed by atoms with van der Waals surface area (Å²) in [4.78, 5) is 73.2. The third-order valence-electron chi connectivity index (χ3n) is 11.3. The van der Waals surface area contributed by atoms with Gasteiger partial charge in [0.05, 0.1) is 6.04 Å². The van der Waals surface area contributed by atoms with E-state index in [1.54, 1.807) is 19.6 Å². The zero-order valence-corrected chi connectivity index (χ0v) is 37.7. The predicted molar refractivity (Wildman–Crippen MR) is 260 cm³/mol. The molecule has 0 saturated carbocycles. The van der Waals surface area contributed by atoms with Crippen molar-refractivity contribution in [3.8, 4) is 0 Å². The van der Waals surface area contributed by atoms with Crippen LogP contribution in [0, 0.1) is 0 Å². The largest absolute Gasteiger partial charge is 0.354 e. The second kappa shape index (κ2) is 25.6. The Labute approximate surface area is 383 Å². The van der Waals surface area contributed by atoms with E-state index in [-0.39, 0.29) is 87.2 Å². The Morgan fingerprint density at radius 1 is 0.469 bits per heavy atom. The highest BCUT2D eigenvalue weighted by Crippen LogP contribution is 2.25. The van der Waals surface area contributed by atoms with Crippen molar-refractivity contribution in [3.63, 3.8) is 0 Å². The van der Waals surface area contributed by atoms with Crippen LogP contribution in [0.4, 0.5) is 22.7 Å². The molecule has 1 unspecified atom stereocenters. The summed E-state index contributed by atoms with van der Waals surface area (Å²) in [6.07, 6.45) is 4.57.